The van der Waals surface area contributed by atoms with E-state index in [1.807, 2.05) is 6.92 Å². The Morgan fingerprint density at radius 1 is 1.00 bits per heavy atom. The minimum atomic E-state index is -0.0356. The van der Waals surface area contributed by atoms with Crippen molar-refractivity contribution in [1.29, 1.82) is 0 Å². The van der Waals surface area contributed by atoms with E-state index in [0.29, 0.717) is 23.1 Å². The van der Waals surface area contributed by atoms with Crippen molar-refractivity contribution >= 4 is 0 Å². The SMILES string of the molecule is COc1cc(OC)cc(Oc2ccc(CO)c(C)n2)c1. The molecule has 0 bridgehead atoms. The number of ether oxygens (including phenoxy) is 3. The molecule has 0 spiro atoms. The summed E-state index contributed by atoms with van der Waals surface area (Å²) < 4.78 is 16.1. The van der Waals surface area contributed by atoms with Gasteiger partial charge >= 0.3 is 0 Å². The predicted octanol–water partition coefficient (Wildman–Crippen LogP) is 2.69. The summed E-state index contributed by atoms with van der Waals surface area (Å²) in [6.07, 6.45) is 0. The molecule has 0 atom stereocenters. The van der Waals surface area contributed by atoms with Gasteiger partial charge in [0.25, 0.3) is 0 Å². The lowest BCUT2D eigenvalue weighted by Gasteiger charge is -2.10. The number of aryl methyl sites for hydroxylation is 1. The normalized spacial score (nSPS) is 10.2. The van der Waals surface area contributed by atoms with Gasteiger partial charge in [0.15, 0.2) is 0 Å². The largest absolute Gasteiger partial charge is 0.496 e. The molecule has 20 heavy (non-hydrogen) atoms. The number of hydrogen-bond donors (Lipinski definition) is 1. The number of aliphatic hydroxyl groups is 1. The van der Waals surface area contributed by atoms with Crippen molar-refractivity contribution in [3.63, 3.8) is 0 Å². The highest BCUT2D eigenvalue weighted by Gasteiger charge is 2.06. The maximum absolute atomic E-state index is 9.12. The Labute approximate surface area is 117 Å². The van der Waals surface area contributed by atoms with Crippen molar-refractivity contribution in [3.05, 3.63) is 41.6 Å². The molecular formula is C15H17NO4. The predicted molar refractivity (Wildman–Crippen MR) is 74.5 cm³/mol. The van der Waals surface area contributed by atoms with E-state index in [2.05, 4.69) is 4.98 Å². The molecule has 0 amide bonds. The van der Waals surface area contributed by atoms with Gasteiger partial charge in [0.1, 0.15) is 17.2 Å². The maximum atomic E-state index is 9.12. The number of hydrogen-bond acceptors (Lipinski definition) is 5. The summed E-state index contributed by atoms with van der Waals surface area (Å²) in [5.74, 6) is 2.31. The van der Waals surface area contributed by atoms with Crippen LogP contribution < -0.4 is 14.2 Å². The molecule has 0 aliphatic rings. The van der Waals surface area contributed by atoms with Gasteiger partial charge in [0.05, 0.1) is 20.8 Å². The van der Waals surface area contributed by atoms with E-state index in [-0.39, 0.29) is 6.61 Å². The Hall–Kier alpha value is -2.27. The maximum Gasteiger partial charge on any atom is 0.219 e. The molecule has 5 nitrogen and oxygen atoms in total. The van der Waals surface area contributed by atoms with E-state index in [4.69, 9.17) is 19.3 Å². The third kappa shape index (κ3) is 3.19. The van der Waals surface area contributed by atoms with Gasteiger partial charge in [-0.15, -0.1) is 0 Å². The molecule has 1 aromatic carbocycles. The molecule has 0 aliphatic heterocycles. The van der Waals surface area contributed by atoms with E-state index in [1.165, 1.54) is 0 Å². The molecule has 2 aromatic rings. The highest BCUT2D eigenvalue weighted by atomic mass is 16.5. The average Bonchev–Trinajstić information content (AvgIpc) is 2.47. The summed E-state index contributed by atoms with van der Waals surface area (Å²) in [6.45, 7) is 1.79. The second kappa shape index (κ2) is 6.25. The number of pyridine rings is 1. The van der Waals surface area contributed by atoms with E-state index < -0.39 is 0 Å². The second-order valence-corrected chi connectivity index (χ2v) is 4.20. The molecule has 0 saturated heterocycles. The van der Waals surface area contributed by atoms with Crippen LogP contribution >= 0.6 is 0 Å². The lowest BCUT2D eigenvalue weighted by atomic mass is 10.2. The first-order valence-corrected chi connectivity index (χ1v) is 6.14. The Balaban J connectivity index is 2.27. The summed E-state index contributed by atoms with van der Waals surface area (Å²) >= 11 is 0. The smallest absolute Gasteiger partial charge is 0.219 e. The molecule has 1 aromatic heterocycles. The lowest BCUT2D eigenvalue weighted by molar-refractivity contribution is 0.280. The first kappa shape index (κ1) is 14.1. The molecule has 0 saturated carbocycles. The Kier molecular flexibility index (Phi) is 4.42. The van der Waals surface area contributed by atoms with Crippen LogP contribution in [0, 0.1) is 6.92 Å². The van der Waals surface area contributed by atoms with E-state index in [1.54, 1.807) is 44.6 Å². The van der Waals surface area contributed by atoms with Gasteiger partial charge in [-0.3, -0.25) is 0 Å². The van der Waals surface area contributed by atoms with Crippen LogP contribution in [0.3, 0.4) is 0 Å². The van der Waals surface area contributed by atoms with Gasteiger partial charge in [0, 0.05) is 30.0 Å². The summed E-state index contributed by atoms with van der Waals surface area (Å²) in [5.41, 5.74) is 1.51. The Morgan fingerprint density at radius 3 is 2.10 bits per heavy atom. The standard InChI is InChI=1S/C15H17NO4/c1-10-11(9-17)4-5-15(16-10)20-14-7-12(18-2)6-13(8-14)19-3/h4-8,17H,9H2,1-3H3. The topological polar surface area (TPSA) is 60.8 Å². The first-order valence-electron chi connectivity index (χ1n) is 6.14. The number of rotatable bonds is 5. The van der Waals surface area contributed by atoms with Crippen molar-refractivity contribution in [2.75, 3.05) is 14.2 Å². The van der Waals surface area contributed by atoms with Gasteiger partial charge in [-0.05, 0) is 18.6 Å². The van der Waals surface area contributed by atoms with Crippen LogP contribution in [0.1, 0.15) is 11.3 Å². The van der Waals surface area contributed by atoms with Crippen molar-refractivity contribution in [2.45, 2.75) is 13.5 Å². The summed E-state index contributed by atoms with van der Waals surface area (Å²) in [6, 6.07) is 8.76. The number of benzene rings is 1. The van der Waals surface area contributed by atoms with E-state index in [0.717, 1.165) is 11.3 Å². The highest BCUT2D eigenvalue weighted by Crippen LogP contribution is 2.30. The Morgan fingerprint density at radius 2 is 1.60 bits per heavy atom. The van der Waals surface area contributed by atoms with E-state index in [9.17, 15) is 0 Å². The molecule has 0 aliphatic carbocycles. The fourth-order valence-corrected chi connectivity index (χ4v) is 1.75. The zero-order valence-electron chi connectivity index (χ0n) is 11.7. The van der Waals surface area contributed by atoms with Gasteiger partial charge in [-0.2, -0.15) is 0 Å². The minimum Gasteiger partial charge on any atom is -0.496 e. The number of nitrogens with zero attached hydrogens (tertiary/aromatic N) is 1. The van der Waals surface area contributed by atoms with Crippen LogP contribution in [-0.4, -0.2) is 24.3 Å². The second-order valence-electron chi connectivity index (χ2n) is 4.20. The quantitative estimate of drug-likeness (QED) is 0.909. The fraction of sp³-hybridized carbons (Fsp3) is 0.267. The zero-order valence-corrected chi connectivity index (χ0v) is 11.7. The molecule has 1 heterocycles. The van der Waals surface area contributed by atoms with Crippen LogP contribution in [0.2, 0.25) is 0 Å². The van der Waals surface area contributed by atoms with Crippen molar-refractivity contribution in [2.24, 2.45) is 0 Å². The molecule has 106 valence electrons. The van der Waals surface area contributed by atoms with Crippen LogP contribution in [0.4, 0.5) is 0 Å². The molecule has 2 rings (SSSR count). The van der Waals surface area contributed by atoms with Crippen LogP contribution in [-0.2, 0) is 6.61 Å². The molecule has 0 unspecified atom stereocenters. The van der Waals surface area contributed by atoms with Crippen LogP contribution in [0.25, 0.3) is 0 Å². The number of methoxy groups -OCH3 is 2. The zero-order chi connectivity index (χ0) is 14.5. The summed E-state index contributed by atoms with van der Waals surface area (Å²) in [7, 11) is 3.16. The Bertz CT molecular complexity index is 576. The monoisotopic (exact) mass is 275 g/mol. The molecular weight excluding hydrogens is 258 g/mol. The number of aliphatic hydroxyl groups excluding tert-OH is 1. The van der Waals surface area contributed by atoms with Crippen molar-refractivity contribution in [1.82, 2.24) is 4.98 Å². The van der Waals surface area contributed by atoms with Crippen LogP contribution in [0.15, 0.2) is 30.3 Å². The fourth-order valence-electron chi connectivity index (χ4n) is 1.75. The van der Waals surface area contributed by atoms with Crippen molar-refractivity contribution < 1.29 is 19.3 Å². The molecule has 0 radical (unpaired) electrons. The molecule has 0 fully saturated rings. The summed E-state index contributed by atoms with van der Waals surface area (Å²) in [5, 5.41) is 9.12. The van der Waals surface area contributed by atoms with E-state index >= 15 is 0 Å². The third-order valence-corrected chi connectivity index (χ3v) is 2.89. The number of aromatic nitrogens is 1. The molecule has 1 N–H and O–H groups in total. The van der Waals surface area contributed by atoms with Gasteiger partial charge < -0.3 is 19.3 Å². The molecule has 5 heteroatoms. The van der Waals surface area contributed by atoms with Crippen LogP contribution in [0.5, 0.6) is 23.1 Å². The van der Waals surface area contributed by atoms with Crippen molar-refractivity contribution in [3.8, 4) is 23.1 Å². The lowest BCUT2D eigenvalue weighted by Crippen LogP contribution is -1.96. The average molecular weight is 275 g/mol. The minimum absolute atomic E-state index is 0.0356. The van der Waals surface area contributed by atoms with Gasteiger partial charge in [-0.1, -0.05) is 0 Å². The first-order chi connectivity index (χ1) is 9.66. The van der Waals surface area contributed by atoms with Gasteiger partial charge in [0.2, 0.25) is 5.88 Å². The van der Waals surface area contributed by atoms with Gasteiger partial charge in [-0.25, -0.2) is 4.98 Å². The highest BCUT2D eigenvalue weighted by molar-refractivity contribution is 5.43. The summed E-state index contributed by atoms with van der Waals surface area (Å²) in [4.78, 5) is 4.29. The third-order valence-electron chi connectivity index (χ3n) is 2.89.